The van der Waals surface area contributed by atoms with Crippen LogP contribution in [0.15, 0.2) is 12.4 Å². The quantitative estimate of drug-likeness (QED) is 0.796. The molecule has 1 aromatic rings. The van der Waals surface area contributed by atoms with Gasteiger partial charge in [0.15, 0.2) is 0 Å². The lowest BCUT2D eigenvalue weighted by Gasteiger charge is -2.36. The van der Waals surface area contributed by atoms with Crippen molar-refractivity contribution in [3.8, 4) is 0 Å². The number of hydrogen-bond acceptors (Lipinski definition) is 5. The van der Waals surface area contributed by atoms with Gasteiger partial charge in [-0.1, -0.05) is 0 Å². The first-order valence-corrected chi connectivity index (χ1v) is 7.86. The second-order valence-electron chi connectivity index (χ2n) is 6.68. The number of rotatable bonds is 3. The van der Waals surface area contributed by atoms with Crippen LogP contribution >= 0.6 is 0 Å². The van der Waals surface area contributed by atoms with Crippen molar-refractivity contribution in [1.29, 1.82) is 0 Å². The molecule has 2 fully saturated rings. The molecular weight excluding hydrogens is 282 g/mol. The van der Waals surface area contributed by atoms with E-state index < -0.39 is 5.60 Å². The molecule has 3 heterocycles. The number of amides is 1. The monoisotopic (exact) mass is 307 g/mol. The first kappa shape index (κ1) is 15.5. The first-order chi connectivity index (χ1) is 10.5. The van der Waals surface area contributed by atoms with Gasteiger partial charge in [0.1, 0.15) is 0 Å². The summed E-state index contributed by atoms with van der Waals surface area (Å²) in [6.45, 7) is 5.70. The lowest BCUT2D eigenvalue weighted by atomic mass is 10.0. The van der Waals surface area contributed by atoms with Crippen LogP contribution in [-0.4, -0.2) is 94.0 Å². The van der Waals surface area contributed by atoms with E-state index in [9.17, 15) is 9.90 Å². The SMILES string of the molecule is CN1CCN(C[C@@]2(O)CCN(C(=O)c3cnn(C)c3)C2)CC1. The van der Waals surface area contributed by atoms with Crippen molar-refractivity contribution in [3.05, 3.63) is 18.0 Å². The Morgan fingerprint density at radius 1 is 1.27 bits per heavy atom. The minimum Gasteiger partial charge on any atom is -0.387 e. The molecule has 2 aliphatic rings. The molecule has 7 heteroatoms. The zero-order valence-corrected chi connectivity index (χ0v) is 13.4. The Morgan fingerprint density at radius 3 is 2.64 bits per heavy atom. The lowest BCUT2D eigenvalue weighted by molar-refractivity contribution is 0.000525. The second-order valence-corrected chi connectivity index (χ2v) is 6.68. The summed E-state index contributed by atoms with van der Waals surface area (Å²) < 4.78 is 1.62. The van der Waals surface area contributed by atoms with Gasteiger partial charge >= 0.3 is 0 Å². The van der Waals surface area contributed by atoms with Gasteiger partial charge in [-0.15, -0.1) is 0 Å². The predicted molar refractivity (Wildman–Crippen MR) is 82.6 cm³/mol. The Morgan fingerprint density at radius 2 is 2.00 bits per heavy atom. The highest BCUT2D eigenvalue weighted by Crippen LogP contribution is 2.24. The third kappa shape index (κ3) is 3.31. The molecule has 0 radical (unpaired) electrons. The molecule has 0 aromatic carbocycles. The van der Waals surface area contributed by atoms with Gasteiger partial charge < -0.3 is 14.9 Å². The summed E-state index contributed by atoms with van der Waals surface area (Å²) in [5.41, 5.74) is -0.195. The molecular formula is C15H25N5O2. The van der Waals surface area contributed by atoms with Crippen molar-refractivity contribution in [2.45, 2.75) is 12.0 Å². The summed E-state index contributed by atoms with van der Waals surface area (Å²) in [5.74, 6) is -0.0394. The predicted octanol–water partition coefficient (Wildman–Crippen LogP) is -0.755. The smallest absolute Gasteiger partial charge is 0.257 e. The molecule has 1 N–H and O–H groups in total. The van der Waals surface area contributed by atoms with Gasteiger partial charge in [-0.2, -0.15) is 5.10 Å². The topological polar surface area (TPSA) is 64.8 Å². The van der Waals surface area contributed by atoms with Crippen LogP contribution in [0.2, 0.25) is 0 Å². The zero-order valence-electron chi connectivity index (χ0n) is 13.4. The molecule has 2 aliphatic heterocycles. The Bertz CT molecular complexity index is 538. The average Bonchev–Trinajstić information content (AvgIpc) is 3.07. The van der Waals surface area contributed by atoms with Gasteiger partial charge in [0.25, 0.3) is 5.91 Å². The number of piperazine rings is 1. The number of likely N-dealkylation sites (tertiary alicyclic amines) is 1. The van der Waals surface area contributed by atoms with E-state index in [0.717, 1.165) is 26.2 Å². The maximum Gasteiger partial charge on any atom is 0.257 e. The minimum atomic E-state index is -0.784. The highest BCUT2D eigenvalue weighted by atomic mass is 16.3. The van der Waals surface area contributed by atoms with E-state index in [4.69, 9.17) is 0 Å². The van der Waals surface area contributed by atoms with Crippen molar-refractivity contribution < 1.29 is 9.90 Å². The van der Waals surface area contributed by atoms with E-state index in [1.807, 2.05) is 0 Å². The largest absolute Gasteiger partial charge is 0.387 e. The van der Waals surface area contributed by atoms with Gasteiger partial charge in [0.2, 0.25) is 0 Å². The number of aliphatic hydroxyl groups is 1. The number of nitrogens with zero attached hydrogens (tertiary/aromatic N) is 5. The molecule has 1 atom stereocenters. The van der Waals surface area contributed by atoms with Crippen molar-refractivity contribution >= 4 is 5.91 Å². The molecule has 0 bridgehead atoms. The zero-order chi connectivity index (χ0) is 15.7. The van der Waals surface area contributed by atoms with Crippen LogP contribution < -0.4 is 0 Å². The summed E-state index contributed by atoms with van der Waals surface area (Å²) in [5, 5.41) is 14.9. The van der Waals surface area contributed by atoms with Crippen molar-refractivity contribution in [1.82, 2.24) is 24.5 Å². The molecule has 0 saturated carbocycles. The summed E-state index contributed by atoms with van der Waals surface area (Å²) in [6.07, 6.45) is 3.95. The summed E-state index contributed by atoms with van der Waals surface area (Å²) in [7, 11) is 3.92. The number of hydrogen-bond donors (Lipinski definition) is 1. The van der Waals surface area contributed by atoms with Crippen LogP contribution in [0.5, 0.6) is 0 Å². The van der Waals surface area contributed by atoms with E-state index in [0.29, 0.717) is 31.6 Å². The Balaban J connectivity index is 1.57. The summed E-state index contributed by atoms with van der Waals surface area (Å²) in [6, 6.07) is 0. The minimum absolute atomic E-state index is 0.0394. The molecule has 2 saturated heterocycles. The van der Waals surface area contributed by atoms with Crippen LogP contribution in [0, 0.1) is 0 Å². The maximum atomic E-state index is 12.4. The fourth-order valence-corrected chi connectivity index (χ4v) is 3.30. The normalized spacial score (nSPS) is 27.5. The Labute approximate surface area is 131 Å². The maximum absolute atomic E-state index is 12.4. The van der Waals surface area contributed by atoms with Gasteiger partial charge in [-0.25, -0.2) is 0 Å². The molecule has 0 unspecified atom stereocenters. The number of likely N-dealkylation sites (N-methyl/N-ethyl adjacent to an activating group) is 1. The van der Waals surface area contributed by atoms with Gasteiger partial charge in [0, 0.05) is 52.5 Å². The summed E-state index contributed by atoms with van der Waals surface area (Å²) >= 11 is 0. The standard InChI is InChI=1S/C15H25N5O2/c1-17-5-7-19(8-6-17)11-15(22)3-4-20(12-15)14(21)13-9-16-18(2)10-13/h9-10,22H,3-8,11-12H2,1-2H3/t15-/m0/s1. The molecule has 1 aromatic heterocycles. The van der Waals surface area contributed by atoms with Crippen LogP contribution in [0.1, 0.15) is 16.8 Å². The highest BCUT2D eigenvalue weighted by Gasteiger charge is 2.40. The molecule has 0 aliphatic carbocycles. The van der Waals surface area contributed by atoms with Gasteiger partial charge in [-0.3, -0.25) is 14.4 Å². The molecule has 3 rings (SSSR count). The summed E-state index contributed by atoms with van der Waals surface area (Å²) in [4.78, 5) is 18.8. The first-order valence-electron chi connectivity index (χ1n) is 7.86. The molecule has 7 nitrogen and oxygen atoms in total. The van der Waals surface area contributed by atoms with Crippen molar-refractivity contribution in [2.24, 2.45) is 7.05 Å². The van der Waals surface area contributed by atoms with Crippen LogP contribution in [0.4, 0.5) is 0 Å². The highest BCUT2D eigenvalue weighted by molar-refractivity contribution is 5.94. The Kier molecular flexibility index (Phi) is 4.20. The number of aromatic nitrogens is 2. The van der Waals surface area contributed by atoms with Crippen molar-refractivity contribution in [2.75, 3.05) is 52.9 Å². The third-order valence-corrected chi connectivity index (χ3v) is 4.69. The lowest BCUT2D eigenvalue weighted by Crippen LogP contribution is -2.52. The molecule has 0 spiro atoms. The van der Waals surface area contributed by atoms with Gasteiger partial charge in [0.05, 0.1) is 23.9 Å². The van der Waals surface area contributed by atoms with E-state index >= 15 is 0 Å². The number of carbonyl (C=O) groups is 1. The number of aryl methyl sites for hydroxylation is 1. The number of β-amino-alcohol motifs (C(OH)–C–C–N with tert-alkyl or cyclic N) is 1. The molecule has 22 heavy (non-hydrogen) atoms. The van der Waals surface area contributed by atoms with Crippen LogP contribution in [-0.2, 0) is 7.05 Å². The Hall–Kier alpha value is -1.44. The van der Waals surface area contributed by atoms with E-state index in [-0.39, 0.29) is 5.91 Å². The average molecular weight is 307 g/mol. The van der Waals surface area contributed by atoms with Gasteiger partial charge in [-0.05, 0) is 13.5 Å². The fraction of sp³-hybridized carbons (Fsp3) is 0.733. The molecule has 122 valence electrons. The van der Waals surface area contributed by atoms with E-state index in [1.54, 1.807) is 29.0 Å². The van der Waals surface area contributed by atoms with Crippen LogP contribution in [0.3, 0.4) is 0 Å². The van der Waals surface area contributed by atoms with Crippen molar-refractivity contribution in [3.63, 3.8) is 0 Å². The second kappa shape index (κ2) is 5.98. The fourth-order valence-electron chi connectivity index (χ4n) is 3.30. The third-order valence-electron chi connectivity index (χ3n) is 4.69. The van der Waals surface area contributed by atoms with E-state index in [2.05, 4.69) is 21.9 Å². The molecule has 1 amide bonds. The number of carbonyl (C=O) groups excluding carboxylic acids is 1. The van der Waals surface area contributed by atoms with E-state index in [1.165, 1.54) is 0 Å². The van der Waals surface area contributed by atoms with Crippen LogP contribution in [0.25, 0.3) is 0 Å².